The van der Waals surface area contributed by atoms with E-state index in [2.05, 4.69) is 25.9 Å². The normalized spacial score (nSPS) is 11.1. The van der Waals surface area contributed by atoms with Gasteiger partial charge < -0.3 is 10.1 Å². The number of carbonyl (C=O) groups excluding carboxylic acids is 1. The summed E-state index contributed by atoms with van der Waals surface area (Å²) in [5, 5.41) is 19.8. The number of rotatable bonds is 6. The van der Waals surface area contributed by atoms with E-state index < -0.39 is 0 Å². The Hall–Kier alpha value is -3.63. The number of anilines is 1. The number of hydrogen-bond donors (Lipinski definition) is 2. The molecule has 0 fully saturated rings. The number of carbonyl (C=O) groups is 1. The molecule has 0 radical (unpaired) electrons. The molecule has 10 heteroatoms. The Balaban J connectivity index is 1.43. The van der Waals surface area contributed by atoms with Crippen molar-refractivity contribution >= 4 is 51.3 Å². The third kappa shape index (κ3) is 5.24. The van der Waals surface area contributed by atoms with Crippen molar-refractivity contribution < 1.29 is 9.53 Å². The minimum atomic E-state index is -0.321. The molecule has 0 saturated heterocycles. The monoisotopic (exact) mass is 478 g/mol. The third-order valence-electron chi connectivity index (χ3n) is 4.88. The van der Waals surface area contributed by atoms with E-state index in [1.165, 1.54) is 17.4 Å². The first-order valence-corrected chi connectivity index (χ1v) is 11.5. The summed E-state index contributed by atoms with van der Waals surface area (Å²) >= 11 is 6.81. The van der Waals surface area contributed by atoms with Crippen molar-refractivity contribution in [2.75, 3.05) is 12.4 Å². The molecule has 4 rings (SSSR count). The van der Waals surface area contributed by atoms with Crippen LogP contribution < -0.4 is 15.4 Å². The Bertz CT molecular complexity index is 1340. The summed E-state index contributed by atoms with van der Waals surface area (Å²) in [5.74, 6) is 1.26. The Morgan fingerprint density at radius 2 is 2.00 bits per heavy atom. The van der Waals surface area contributed by atoms with E-state index in [4.69, 9.17) is 17.0 Å². The fraction of sp³-hybridized carbons (Fsp3) is 0.174. The first kappa shape index (κ1) is 22.6. The van der Waals surface area contributed by atoms with Gasteiger partial charge in [-0.1, -0.05) is 42.5 Å². The predicted molar refractivity (Wildman–Crippen MR) is 135 cm³/mol. The van der Waals surface area contributed by atoms with Crippen LogP contribution in [0.15, 0.2) is 48.5 Å². The number of nitrogens with zero attached hydrogens (tertiary/aromatic N) is 4. The predicted octanol–water partition coefficient (Wildman–Crippen LogP) is 4.26. The highest BCUT2D eigenvalue weighted by atomic mass is 32.1. The van der Waals surface area contributed by atoms with Gasteiger partial charge in [-0.2, -0.15) is 9.61 Å². The SMILES string of the molecule is CCc1nnc2sc(-c3ccc(C)c(NC(=S)NC(=O)C=Cc4ccc(OC)cc4)c3)nn12. The van der Waals surface area contributed by atoms with Gasteiger partial charge in [0.2, 0.25) is 10.9 Å². The fourth-order valence-corrected chi connectivity index (χ4v) is 4.14. The standard InChI is InChI=1S/C23H22N6O2S2/c1-4-19-26-27-23-29(19)28-21(33-23)16-9-5-14(2)18(13-16)24-22(32)25-20(30)12-8-15-6-10-17(31-3)11-7-15/h5-13H,4H2,1-3H3,(H2,24,25,30,32). The largest absolute Gasteiger partial charge is 0.497 e. The van der Waals surface area contributed by atoms with E-state index in [9.17, 15) is 4.79 Å². The van der Waals surface area contributed by atoms with Crippen LogP contribution in [0.2, 0.25) is 0 Å². The molecule has 0 aliphatic rings. The van der Waals surface area contributed by atoms with E-state index in [0.717, 1.165) is 50.3 Å². The number of ether oxygens (including phenoxy) is 1. The lowest BCUT2D eigenvalue weighted by Gasteiger charge is -2.12. The first-order valence-electron chi connectivity index (χ1n) is 10.2. The molecule has 0 spiro atoms. The van der Waals surface area contributed by atoms with Gasteiger partial charge in [-0.3, -0.25) is 10.1 Å². The molecule has 2 N–H and O–H groups in total. The molecule has 0 aliphatic carbocycles. The number of hydrogen-bond acceptors (Lipinski definition) is 7. The molecule has 0 aliphatic heterocycles. The number of methoxy groups -OCH3 is 1. The van der Waals surface area contributed by atoms with Crippen LogP contribution in [0.25, 0.3) is 21.6 Å². The minimum Gasteiger partial charge on any atom is -0.497 e. The lowest BCUT2D eigenvalue weighted by atomic mass is 10.1. The van der Waals surface area contributed by atoms with Gasteiger partial charge in [0, 0.05) is 23.7 Å². The Morgan fingerprint density at radius 3 is 2.73 bits per heavy atom. The first-order chi connectivity index (χ1) is 16.0. The molecule has 0 saturated carbocycles. The second kappa shape index (κ2) is 9.88. The van der Waals surface area contributed by atoms with Crippen LogP contribution in [0.3, 0.4) is 0 Å². The molecule has 168 valence electrons. The maximum absolute atomic E-state index is 12.3. The van der Waals surface area contributed by atoms with Crippen LogP contribution in [-0.4, -0.2) is 37.9 Å². The average molecular weight is 479 g/mol. The van der Waals surface area contributed by atoms with E-state index in [0.29, 0.717) is 0 Å². The molecule has 33 heavy (non-hydrogen) atoms. The van der Waals surface area contributed by atoms with Gasteiger partial charge >= 0.3 is 0 Å². The summed E-state index contributed by atoms with van der Waals surface area (Å²) < 4.78 is 6.90. The van der Waals surface area contributed by atoms with Gasteiger partial charge in [0.25, 0.3) is 0 Å². The highest BCUT2D eigenvalue weighted by Crippen LogP contribution is 2.29. The van der Waals surface area contributed by atoms with Crippen LogP contribution in [0.4, 0.5) is 5.69 Å². The summed E-state index contributed by atoms with van der Waals surface area (Å²) in [4.78, 5) is 13.0. The van der Waals surface area contributed by atoms with Crippen molar-refractivity contribution in [1.29, 1.82) is 0 Å². The van der Waals surface area contributed by atoms with Gasteiger partial charge in [0.15, 0.2) is 10.9 Å². The molecular formula is C23H22N6O2S2. The number of benzene rings is 2. The highest BCUT2D eigenvalue weighted by Gasteiger charge is 2.13. The maximum atomic E-state index is 12.3. The Labute approximate surface area is 200 Å². The van der Waals surface area contributed by atoms with E-state index >= 15 is 0 Å². The van der Waals surface area contributed by atoms with Crippen LogP contribution in [0, 0.1) is 6.92 Å². The van der Waals surface area contributed by atoms with Crippen molar-refractivity contribution in [1.82, 2.24) is 25.1 Å². The molecule has 1 amide bonds. The zero-order valence-corrected chi connectivity index (χ0v) is 20.0. The lowest BCUT2D eigenvalue weighted by molar-refractivity contribution is -0.115. The van der Waals surface area contributed by atoms with Gasteiger partial charge in [0.05, 0.1) is 7.11 Å². The second-order valence-electron chi connectivity index (χ2n) is 7.15. The van der Waals surface area contributed by atoms with Gasteiger partial charge in [0.1, 0.15) is 10.8 Å². The van der Waals surface area contributed by atoms with E-state index in [-0.39, 0.29) is 11.0 Å². The molecule has 0 bridgehead atoms. The smallest absolute Gasteiger partial charge is 0.250 e. The quantitative estimate of drug-likeness (QED) is 0.316. The molecule has 2 aromatic carbocycles. The Kier molecular flexibility index (Phi) is 6.76. The number of thiocarbonyl (C=S) groups is 1. The van der Waals surface area contributed by atoms with Gasteiger partial charge in [-0.15, -0.1) is 10.2 Å². The fourth-order valence-electron chi connectivity index (χ4n) is 3.08. The Morgan fingerprint density at radius 1 is 1.21 bits per heavy atom. The van der Waals surface area contributed by atoms with Crippen molar-refractivity contribution in [2.45, 2.75) is 20.3 Å². The van der Waals surface area contributed by atoms with Crippen molar-refractivity contribution in [3.63, 3.8) is 0 Å². The van der Waals surface area contributed by atoms with E-state index in [1.54, 1.807) is 17.7 Å². The highest BCUT2D eigenvalue weighted by molar-refractivity contribution is 7.80. The van der Waals surface area contributed by atoms with Crippen LogP contribution in [0.5, 0.6) is 5.75 Å². The second-order valence-corrected chi connectivity index (χ2v) is 8.52. The third-order valence-corrected chi connectivity index (χ3v) is 6.04. The molecule has 8 nitrogen and oxygen atoms in total. The number of aromatic nitrogens is 4. The summed E-state index contributed by atoms with van der Waals surface area (Å²) in [7, 11) is 1.61. The summed E-state index contributed by atoms with van der Waals surface area (Å²) in [5.41, 5.74) is 3.58. The van der Waals surface area contributed by atoms with Crippen LogP contribution in [0.1, 0.15) is 23.9 Å². The average Bonchev–Trinajstić information content (AvgIpc) is 3.40. The van der Waals surface area contributed by atoms with Gasteiger partial charge in [-0.05, 0) is 54.5 Å². The molecule has 2 aromatic heterocycles. The number of fused-ring (bicyclic) bond motifs is 1. The minimum absolute atomic E-state index is 0.214. The van der Waals surface area contributed by atoms with Crippen molar-refractivity contribution in [3.05, 3.63) is 65.5 Å². The number of amides is 1. The van der Waals surface area contributed by atoms with Crippen molar-refractivity contribution in [2.24, 2.45) is 0 Å². The summed E-state index contributed by atoms with van der Waals surface area (Å²) in [6, 6.07) is 13.3. The van der Waals surface area contributed by atoms with Crippen LogP contribution in [-0.2, 0) is 11.2 Å². The molecule has 0 unspecified atom stereocenters. The molecule has 0 atom stereocenters. The topological polar surface area (TPSA) is 93.4 Å². The zero-order chi connectivity index (χ0) is 23.4. The van der Waals surface area contributed by atoms with Gasteiger partial charge in [-0.25, -0.2) is 0 Å². The lowest BCUT2D eigenvalue weighted by Crippen LogP contribution is -2.33. The summed E-state index contributed by atoms with van der Waals surface area (Å²) in [6.45, 7) is 3.98. The number of nitrogens with one attached hydrogen (secondary N) is 2. The maximum Gasteiger partial charge on any atom is 0.250 e. The molecule has 4 aromatic rings. The summed E-state index contributed by atoms with van der Waals surface area (Å²) in [6.07, 6.45) is 3.90. The van der Waals surface area contributed by atoms with E-state index in [1.807, 2.05) is 56.3 Å². The van der Waals surface area contributed by atoms with Crippen LogP contribution >= 0.6 is 23.6 Å². The number of aryl methyl sites for hydroxylation is 2. The molecule has 2 heterocycles. The molecular weight excluding hydrogens is 456 g/mol. The van der Waals surface area contributed by atoms with Crippen molar-refractivity contribution in [3.8, 4) is 16.3 Å². The zero-order valence-electron chi connectivity index (χ0n) is 18.3.